The molecule has 1 N–H and O–H groups in total. The molecule has 0 aromatic heterocycles. The molecule has 1 atom stereocenters. The van der Waals surface area contributed by atoms with Crippen LogP contribution in [0, 0.1) is 0 Å². The second kappa shape index (κ2) is 6.83. The Morgan fingerprint density at radius 2 is 2.05 bits per heavy atom. The third-order valence-corrected chi connectivity index (χ3v) is 6.71. The van der Waals surface area contributed by atoms with Crippen molar-refractivity contribution >= 4 is 27.5 Å². The van der Waals surface area contributed by atoms with E-state index in [9.17, 15) is 8.42 Å². The minimum absolute atomic E-state index is 0.353. The fourth-order valence-electron chi connectivity index (χ4n) is 2.23. The lowest BCUT2D eigenvalue weighted by atomic mass is 10.2. The Bertz CT molecular complexity index is 538. The Kier molecular flexibility index (Phi) is 5.35. The Labute approximate surface area is 126 Å². The number of para-hydroxylation sites is 1. The number of nitrogens with one attached hydrogen (secondary N) is 1. The van der Waals surface area contributed by atoms with Crippen molar-refractivity contribution in [1.29, 1.82) is 0 Å². The maximum absolute atomic E-state index is 12.3. The van der Waals surface area contributed by atoms with Crippen molar-refractivity contribution in [1.82, 2.24) is 4.31 Å². The smallest absolute Gasteiger partial charge is 0.244 e. The van der Waals surface area contributed by atoms with E-state index < -0.39 is 10.0 Å². The normalized spacial score (nSPS) is 20.1. The molecule has 6 heteroatoms. The van der Waals surface area contributed by atoms with Crippen molar-refractivity contribution in [3.05, 3.63) is 24.3 Å². The molecule has 0 saturated carbocycles. The molecule has 0 radical (unpaired) electrons. The molecule has 1 unspecified atom stereocenters. The molecule has 1 fully saturated rings. The lowest BCUT2D eigenvalue weighted by molar-refractivity contribution is 0.521. The van der Waals surface area contributed by atoms with Crippen molar-refractivity contribution in [3.8, 4) is 0 Å². The van der Waals surface area contributed by atoms with E-state index in [-0.39, 0.29) is 0 Å². The first-order valence-corrected chi connectivity index (χ1v) is 9.38. The number of rotatable bonds is 5. The second-order valence-corrected chi connectivity index (χ2v) is 8.68. The Morgan fingerprint density at radius 1 is 1.30 bits per heavy atom. The van der Waals surface area contributed by atoms with E-state index in [0.29, 0.717) is 15.8 Å². The van der Waals surface area contributed by atoms with Crippen LogP contribution in [0.2, 0.25) is 0 Å². The first-order chi connectivity index (χ1) is 9.51. The minimum Gasteiger partial charge on any atom is -0.383 e. The van der Waals surface area contributed by atoms with Crippen LogP contribution in [-0.2, 0) is 10.0 Å². The van der Waals surface area contributed by atoms with E-state index in [1.54, 1.807) is 26.2 Å². The summed E-state index contributed by atoms with van der Waals surface area (Å²) in [5.74, 6) is 1.21. The predicted molar refractivity (Wildman–Crippen MR) is 85.9 cm³/mol. The summed E-state index contributed by atoms with van der Waals surface area (Å²) in [6, 6.07) is 7.12. The van der Waals surface area contributed by atoms with E-state index in [1.165, 1.54) is 29.3 Å². The van der Waals surface area contributed by atoms with Crippen LogP contribution in [0.25, 0.3) is 0 Å². The lowest BCUT2D eigenvalue weighted by Gasteiger charge is -2.23. The van der Waals surface area contributed by atoms with Crippen molar-refractivity contribution in [2.24, 2.45) is 0 Å². The van der Waals surface area contributed by atoms with Gasteiger partial charge in [-0.2, -0.15) is 11.8 Å². The summed E-state index contributed by atoms with van der Waals surface area (Å²) in [6.45, 7) is 0.824. The van der Waals surface area contributed by atoms with Gasteiger partial charge in [0.25, 0.3) is 0 Å². The molecule has 4 nitrogen and oxygen atoms in total. The number of benzene rings is 1. The maximum Gasteiger partial charge on any atom is 0.244 e. The number of hydrogen-bond acceptors (Lipinski definition) is 4. The summed E-state index contributed by atoms with van der Waals surface area (Å²) in [5, 5.41) is 3.90. The number of thioether (sulfide) groups is 1. The number of anilines is 1. The topological polar surface area (TPSA) is 49.4 Å². The molecule has 0 amide bonds. The molecule has 0 aliphatic carbocycles. The van der Waals surface area contributed by atoms with Gasteiger partial charge in [-0.1, -0.05) is 18.6 Å². The molecule has 2 rings (SSSR count). The van der Waals surface area contributed by atoms with Gasteiger partial charge in [0.1, 0.15) is 4.90 Å². The van der Waals surface area contributed by atoms with Crippen LogP contribution in [0.15, 0.2) is 29.2 Å². The summed E-state index contributed by atoms with van der Waals surface area (Å²) in [4.78, 5) is 0.353. The number of sulfonamides is 1. The third kappa shape index (κ3) is 3.68. The van der Waals surface area contributed by atoms with E-state index in [2.05, 4.69) is 5.32 Å². The van der Waals surface area contributed by atoms with Crippen LogP contribution in [-0.4, -0.2) is 44.4 Å². The van der Waals surface area contributed by atoms with Gasteiger partial charge in [0.05, 0.1) is 5.69 Å². The van der Waals surface area contributed by atoms with Gasteiger partial charge in [0, 0.05) is 25.9 Å². The predicted octanol–water partition coefficient (Wildman–Crippen LogP) is 2.63. The third-order valence-electron chi connectivity index (χ3n) is 3.44. The highest BCUT2D eigenvalue weighted by molar-refractivity contribution is 8.00. The van der Waals surface area contributed by atoms with Crippen LogP contribution in [0.5, 0.6) is 0 Å². The standard InChI is InChI=1S/C14H22N2O2S2/c1-16(2)20(17,18)14-9-4-3-8-13(14)15-11-12-7-5-6-10-19-12/h3-4,8-9,12,15H,5-7,10-11H2,1-2H3. The average molecular weight is 314 g/mol. The Hall–Kier alpha value is -0.720. The van der Waals surface area contributed by atoms with E-state index >= 15 is 0 Å². The summed E-state index contributed by atoms with van der Waals surface area (Å²) in [5.41, 5.74) is 0.701. The molecular formula is C14H22N2O2S2. The Morgan fingerprint density at radius 3 is 2.70 bits per heavy atom. The highest BCUT2D eigenvalue weighted by Crippen LogP contribution is 2.27. The molecule has 0 bridgehead atoms. The highest BCUT2D eigenvalue weighted by atomic mass is 32.2. The zero-order chi connectivity index (χ0) is 14.6. The maximum atomic E-state index is 12.3. The first-order valence-electron chi connectivity index (χ1n) is 6.89. The highest BCUT2D eigenvalue weighted by Gasteiger charge is 2.21. The fourth-order valence-corrected chi connectivity index (χ4v) is 4.53. The zero-order valence-electron chi connectivity index (χ0n) is 12.0. The molecule has 1 aliphatic rings. The average Bonchev–Trinajstić information content (AvgIpc) is 2.46. The van der Waals surface area contributed by atoms with Gasteiger partial charge in [0.15, 0.2) is 0 Å². The SMILES string of the molecule is CN(C)S(=O)(=O)c1ccccc1NCC1CCCCS1. The molecule has 1 heterocycles. The summed E-state index contributed by atoms with van der Waals surface area (Å²) in [6.07, 6.45) is 3.78. The Balaban J connectivity index is 2.12. The molecule has 1 saturated heterocycles. The van der Waals surface area contributed by atoms with Gasteiger partial charge >= 0.3 is 0 Å². The summed E-state index contributed by atoms with van der Waals surface area (Å²) >= 11 is 1.98. The van der Waals surface area contributed by atoms with Gasteiger partial charge in [-0.15, -0.1) is 0 Å². The fraction of sp³-hybridized carbons (Fsp3) is 0.571. The van der Waals surface area contributed by atoms with Crippen molar-refractivity contribution < 1.29 is 8.42 Å². The summed E-state index contributed by atoms with van der Waals surface area (Å²) < 4.78 is 25.8. The van der Waals surface area contributed by atoms with Crippen molar-refractivity contribution in [2.75, 3.05) is 31.7 Å². The number of nitrogens with zero attached hydrogens (tertiary/aromatic N) is 1. The summed E-state index contributed by atoms with van der Waals surface area (Å²) in [7, 11) is -0.279. The van der Waals surface area contributed by atoms with E-state index in [4.69, 9.17) is 0 Å². The quantitative estimate of drug-likeness (QED) is 0.908. The van der Waals surface area contributed by atoms with Crippen molar-refractivity contribution in [2.45, 2.75) is 29.4 Å². The van der Waals surface area contributed by atoms with Crippen LogP contribution in [0.1, 0.15) is 19.3 Å². The van der Waals surface area contributed by atoms with Gasteiger partial charge in [-0.3, -0.25) is 0 Å². The second-order valence-electron chi connectivity index (χ2n) is 5.15. The van der Waals surface area contributed by atoms with Crippen LogP contribution in [0.4, 0.5) is 5.69 Å². The molecule has 0 spiro atoms. The van der Waals surface area contributed by atoms with Crippen molar-refractivity contribution in [3.63, 3.8) is 0 Å². The molecule has 112 valence electrons. The molecule has 20 heavy (non-hydrogen) atoms. The van der Waals surface area contributed by atoms with Gasteiger partial charge in [0.2, 0.25) is 10.0 Å². The first kappa shape index (κ1) is 15.7. The van der Waals surface area contributed by atoms with E-state index in [0.717, 1.165) is 6.54 Å². The minimum atomic E-state index is -3.40. The largest absolute Gasteiger partial charge is 0.383 e. The van der Waals surface area contributed by atoms with Crippen LogP contribution < -0.4 is 5.32 Å². The lowest BCUT2D eigenvalue weighted by Crippen LogP contribution is -2.25. The zero-order valence-corrected chi connectivity index (χ0v) is 13.6. The van der Waals surface area contributed by atoms with Crippen LogP contribution >= 0.6 is 11.8 Å². The van der Waals surface area contributed by atoms with Gasteiger partial charge in [-0.05, 0) is 30.7 Å². The molecular weight excluding hydrogens is 292 g/mol. The van der Waals surface area contributed by atoms with Gasteiger partial charge in [-0.25, -0.2) is 12.7 Å². The molecule has 1 aromatic rings. The van der Waals surface area contributed by atoms with Crippen LogP contribution in [0.3, 0.4) is 0 Å². The molecule has 1 aliphatic heterocycles. The van der Waals surface area contributed by atoms with E-state index in [1.807, 2.05) is 23.9 Å². The number of hydrogen-bond donors (Lipinski definition) is 1. The molecule has 1 aromatic carbocycles. The van der Waals surface area contributed by atoms with Gasteiger partial charge < -0.3 is 5.32 Å². The monoisotopic (exact) mass is 314 g/mol.